The van der Waals surface area contributed by atoms with Crippen molar-refractivity contribution in [3.8, 4) is 5.75 Å². The van der Waals surface area contributed by atoms with E-state index in [-0.39, 0.29) is 24.8 Å². The molecule has 0 saturated heterocycles. The van der Waals surface area contributed by atoms with Crippen molar-refractivity contribution in [2.24, 2.45) is 5.92 Å². The van der Waals surface area contributed by atoms with Crippen LogP contribution in [0.2, 0.25) is 19.6 Å². The average Bonchev–Trinajstić information content (AvgIpc) is 2.67. The number of rotatable bonds is 4. The summed E-state index contributed by atoms with van der Waals surface area (Å²) in [5.41, 5.74) is 4.42. The van der Waals surface area contributed by atoms with Crippen molar-refractivity contribution < 1.29 is 21.1 Å². The van der Waals surface area contributed by atoms with E-state index in [9.17, 15) is 0 Å². The molecule has 0 aromatic heterocycles. The van der Waals surface area contributed by atoms with Crippen molar-refractivity contribution in [1.82, 2.24) is 0 Å². The van der Waals surface area contributed by atoms with E-state index in [1.807, 2.05) is 0 Å². The second-order valence-electron chi connectivity index (χ2n) is 8.78. The summed E-state index contributed by atoms with van der Waals surface area (Å²) in [4.78, 5) is 0. The number of allylic oxidation sites excluding steroid dienone is 4. The topological polar surface area (TPSA) is 9.23 Å². The zero-order chi connectivity index (χ0) is 19.1. The second-order valence-corrected chi connectivity index (χ2v) is 18.6. The summed E-state index contributed by atoms with van der Waals surface area (Å²) in [6, 6.07) is 6.92. The summed E-state index contributed by atoms with van der Waals surface area (Å²) in [5.74, 6) is 1.67. The molecule has 0 aliphatic heterocycles. The van der Waals surface area contributed by atoms with Gasteiger partial charge in [-0.2, -0.15) is 0 Å². The quantitative estimate of drug-likeness (QED) is 0.548. The van der Waals surface area contributed by atoms with Gasteiger partial charge >= 0.3 is 165 Å². The number of hydrogen-bond acceptors (Lipinski definition) is 1. The van der Waals surface area contributed by atoms with Gasteiger partial charge in [-0.1, -0.05) is 0 Å². The van der Waals surface area contributed by atoms with Gasteiger partial charge in [0.2, 0.25) is 0 Å². The van der Waals surface area contributed by atoms with Gasteiger partial charge in [-0.15, -0.1) is 24.8 Å². The molecule has 27 heavy (non-hydrogen) atoms. The Kier molecular flexibility index (Phi) is 10.3. The van der Waals surface area contributed by atoms with Crippen LogP contribution >= 0.6 is 24.8 Å². The van der Waals surface area contributed by atoms with Crippen molar-refractivity contribution in [1.29, 1.82) is 0 Å². The van der Waals surface area contributed by atoms with E-state index >= 15 is 0 Å². The standard InChI is InChI=1S/C10H16OSi.C8H13Si.C3H6.2ClH.Ti/c1-8-5-9(11)7-10(6-8)12(2,3)4;1-5-4-8(9)7(3)6(5)2;1-3-2;;;/h5-7,11H,1-4H3;5H,1-3,9H3;1-2H3;2*1H;/q;;;;;+1/p-1. The van der Waals surface area contributed by atoms with Crippen molar-refractivity contribution in [3.63, 3.8) is 0 Å². The van der Waals surface area contributed by atoms with E-state index < -0.39 is 25.9 Å². The maximum atomic E-state index is 6.80. The molecule has 0 heterocycles. The molecule has 1 aliphatic carbocycles. The van der Waals surface area contributed by atoms with Crippen LogP contribution in [0.15, 0.2) is 38.4 Å². The monoisotopic (exact) mass is 478 g/mol. The number of hydrogen-bond donors (Lipinski definition) is 0. The molecule has 1 unspecified atom stereocenters. The van der Waals surface area contributed by atoms with Gasteiger partial charge in [0.05, 0.1) is 0 Å². The smallest absolute Gasteiger partial charge is 0.147 e. The van der Waals surface area contributed by atoms with E-state index in [1.54, 1.807) is 14.6 Å². The van der Waals surface area contributed by atoms with E-state index in [0.29, 0.717) is 5.92 Å². The molecule has 0 fully saturated rings. The third-order valence-electron chi connectivity index (χ3n) is 5.48. The first-order valence-corrected chi connectivity index (χ1v) is 16.0. The van der Waals surface area contributed by atoms with Gasteiger partial charge in [0, 0.05) is 0 Å². The summed E-state index contributed by atoms with van der Waals surface area (Å²) in [6.45, 7) is 21.0. The fourth-order valence-corrected chi connectivity index (χ4v) is 10.2. The number of halogens is 2. The van der Waals surface area contributed by atoms with Crippen LogP contribution in [-0.4, -0.2) is 22.1 Å². The SMILES string of the molecule is CC1=C(C)C(C)[C]([Ti]([O]c2cc(C)cc([Si](C)(C)C)c2)=[C](C)C)=C1[SiH3].Cl.Cl. The molecule has 2 rings (SSSR count). The van der Waals surface area contributed by atoms with Gasteiger partial charge in [0.25, 0.3) is 0 Å². The first kappa shape index (κ1) is 27.1. The molecule has 6 heteroatoms. The van der Waals surface area contributed by atoms with Crippen molar-refractivity contribution >= 4 is 52.1 Å². The first-order chi connectivity index (χ1) is 11.4. The van der Waals surface area contributed by atoms with Gasteiger partial charge in [-0.05, 0) is 0 Å². The fraction of sp³-hybridized carbons (Fsp3) is 0.476. The van der Waals surface area contributed by atoms with E-state index in [4.69, 9.17) is 3.32 Å². The summed E-state index contributed by atoms with van der Waals surface area (Å²) in [6.07, 6.45) is 0. The summed E-state index contributed by atoms with van der Waals surface area (Å²) in [7, 11) is -0.213. The molecule has 1 aliphatic rings. The Morgan fingerprint density at radius 3 is 2.00 bits per heavy atom. The van der Waals surface area contributed by atoms with Crippen molar-refractivity contribution in [3.05, 3.63) is 44.0 Å². The van der Waals surface area contributed by atoms with Crippen LogP contribution in [0, 0.1) is 12.8 Å². The van der Waals surface area contributed by atoms with Gasteiger partial charge in [0.1, 0.15) is 0 Å². The molecule has 1 aromatic rings. The van der Waals surface area contributed by atoms with Crippen LogP contribution in [0.5, 0.6) is 5.75 Å². The Morgan fingerprint density at radius 2 is 1.59 bits per heavy atom. The minimum atomic E-state index is -1.90. The van der Waals surface area contributed by atoms with Crippen LogP contribution in [-0.2, 0) is 17.8 Å². The summed E-state index contributed by atoms with van der Waals surface area (Å²) < 4.78 is 9.98. The Bertz CT molecular complexity index is 801. The van der Waals surface area contributed by atoms with Crippen LogP contribution in [0.1, 0.15) is 40.2 Å². The molecule has 0 saturated carbocycles. The molecule has 1 atom stereocenters. The molecule has 1 nitrogen and oxygen atoms in total. The largest absolute Gasteiger partial charge is 0.147 e. The van der Waals surface area contributed by atoms with Crippen LogP contribution < -0.4 is 8.51 Å². The van der Waals surface area contributed by atoms with Crippen LogP contribution in [0.3, 0.4) is 0 Å². The zero-order valence-corrected chi connectivity index (χ0v) is 24.7. The molecule has 0 amide bonds. The van der Waals surface area contributed by atoms with Crippen molar-refractivity contribution in [2.75, 3.05) is 0 Å². The summed E-state index contributed by atoms with van der Waals surface area (Å²) in [5, 5.41) is 3.12. The molecule has 152 valence electrons. The van der Waals surface area contributed by atoms with Gasteiger partial charge in [0.15, 0.2) is 0 Å². The second kappa shape index (κ2) is 10.2. The predicted molar refractivity (Wildman–Crippen MR) is 130 cm³/mol. The molecule has 0 N–H and O–H groups in total. The Labute approximate surface area is 189 Å². The van der Waals surface area contributed by atoms with Gasteiger partial charge in [-0.25, -0.2) is 0 Å². The number of aryl methyl sites for hydroxylation is 1. The molecular weight excluding hydrogens is 443 g/mol. The van der Waals surface area contributed by atoms with Crippen molar-refractivity contribution in [2.45, 2.75) is 61.2 Å². The molecule has 0 bridgehead atoms. The Balaban J connectivity index is 0.00000338. The molecular formula is C21H36Cl2OSi2Ti. The Morgan fingerprint density at radius 1 is 1.04 bits per heavy atom. The molecule has 0 radical (unpaired) electrons. The Hall–Kier alpha value is 0.0981. The van der Waals surface area contributed by atoms with Crippen LogP contribution in [0.25, 0.3) is 0 Å². The average molecular weight is 479 g/mol. The fourth-order valence-electron chi connectivity index (χ4n) is 3.51. The van der Waals surface area contributed by atoms with Gasteiger partial charge in [-0.3, -0.25) is 0 Å². The maximum absolute atomic E-state index is 6.80. The summed E-state index contributed by atoms with van der Waals surface area (Å²) >= 11 is -1.90. The van der Waals surface area contributed by atoms with E-state index in [1.165, 1.54) is 20.1 Å². The van der Waals surface area contributed by atoms with E-state index in [2.05, 4.69) is 79.4 Å². The molecule has 0 spiro atoms. The van der Waals surface area contributed by atoms with E-state index in [0.717, 1.165) is 16.0 Å². The van der Waals surface area contributed by atoms with Gasteiger partial charge < -0.3 is 0 Å². The minimum absolute atomic E-state index is 0. The maximum Gasteiger partial charge on any atom is -0.147 e. The minimum Gasteiger partial charge on any atom is -0.147 e. The predicted octanol–water partition coefficient (Wildman–Crippen LogP) is 5.07. The van der Waals surface area contributed by atoms with Crippen LogP contribution in [0.4, 0.5) is 0 Å². The zero-order valence-electron chi connectivity index (χ0n) is 18.5. The molecule has 1 aromatic carbocycles. The first-order valence-electron chi connectivity index (χ1n) is 9.29. The normalized spacial score (nSPS) is 16.9. The third-order valence-corrected chi connectivity index (χ3v) is 13.7. The third kappa shape index (κ3) is 6.04. The number of benzene rings is 1.